The number of nitrogens with one attached hydrogen (secondary N) is 1. The standard InChI is InChI=1S/C8H11N.C7H9NO/c1-6-3-4-7(2)8(9)5-6;1-3-5-7(4-2)8-6-9/h3-5H,9H2,1-2H3;3-6H,1-2H2,(H,8,9)/b;7-5+. The molecule has 1 amide bonds. The van der Waals surface area contributed by atoms with E-state index in [2.05, 4.69) is 24.5 Å². The molecular formula is C15H20N2O. The first-order valence-electron chi connectivity index (χ1n) is 5.53. The summed E-state index contributed by atoms with van der Waals surface area (Å²) in [6.07, 6.45) is 5.36. The Kier molecular flexibility index (Phi) is 7.69. The second-order valence-electron chi connectivity index (χ2n) is 3.68. The molecule has 96 valence electrons. The Bertz CT molecular complexity index is 448. The minimum Gasteiger partial charge on any atom is -0.399 e. The Morgan fingerprint density at radius 1 is 1.33 bits per heavy atom. The highest BCUT2D eigenvalue weighted by Crippen LogP contribution is 2.10. The number of hydrogen-bond acceptors (Lipinski definition) is 2. The van der Waals surface area contributed by atoms with Gasteiger partial charge in [-0.15, -0.1) is 0 Å². The fourth-order valence-corrected chi connectivity index (χ4v) is 1.13. The van der Waals surface area contributed by atoms with Crippen LogP contribution in [0.2, 0.25) is 0 Å². The monoisotopic (exact) mass is 244 g/mol. The third kappa shape index (κ3) is 6.33. The van der Waals surface area contributed by atoms with E-state index >= 15 is 0 Å². The number of anilines is 1. The van der Waals surface area contributed by atoms with Gasteiger partial charge in [-0.05, 0) is 43.2 Å². The number of nitrogens with two attached hydrogens (primary N) is 1. The quantitative estimate of drug-likeness (QED) is 0.486. The van der Waals surface area contributed by atoms with Gasteiger partial charge >= 0.3 is 0 Å². The van der Waals surface area contributed by atoms with Crippen LogP contribution >= 0.6 is 0 Å². The first-order chi connectivity index (χ1) is 8.54. The Morgan fingerprint density at radius 2 is 2.00 bits per heavy atom. The summed E-state index contributed by atoms with van der Waals surface area (Å²) >= 11 is 0. The molecule has 0 saturated carbocycles. The van der Waals surface area contributed by atoms with Crippen molar-refractivity contribution in [1.82, 2.24) is 5.32 Å². The van der Waals surface area contributed by atoms with Gasteiger partial charge in [0.2, 0.25) is 6.41 Å². The Hall–Kier alpha value is -2.29. The van der Waals surface area contributed by atoms with Crippen LogP contribution in [-0.4, -0.2) is 6.41 Å². The number of carbonyl (C=O) groups is 1. The van der Waals surface area contributed by atoms with Crippen LogP contribution in [0.5, 0.6) is 0 Å². The van der Waals surface area contributed by atoms with Crippen molar-refractivity contribution in [3.05, 3.63) is 66.4 Å². The average Bonchev–Trinajstić information content (AvgIpc) is 2.35. The zero-order valence-electron chi connectivity index (χ0n) is 10.9. The van der Waals surface area contributed by atoms with Crippen molar-refractivity contribution < 1.29 is 4.79 Å². The smallest absolute Gasteiger partial charge is 0.211 e. The molecule has 0 atom stereocenters. The highest BCUT2D eigenvalue weighted by atomic mass is 16.1. The number of hydrogen-bond donors (Lipinski definition) is 2. The number of nitrogen functional groups attached to an aromatic ring is 1. The Labute approximate surface area is 109 Å². The van der Waals surface area contributed by atoms with Crippen molar-refractivity contribution in [3.8, 4) is 0 Å². The molecule has 3 heteroatoms. The lowest BCUT2D eigenvalue weighted by atomic mass is 10.1. The maximum absolute atomic E-state index is 9.81. The van der Waals surface area contributed by atoms with E-state index in [4.69, 9.17) is 5.73 Å². The van der Waals surface area contributed by atoms with Crippen LogP contribution in [0.15, 0.2) is 55.3 Å². The number of rotatable bonds is 4. The summed E-state index contributed by atoms with van der Waals surface area (Å²) in [5, 5.41) is 2.42. The molecule has 18 heavy (non-hydrogen) atoms. The molecule has 1 aromatic carbocycles. The SMILES string of the molecule is C=C/C=C(\C=C)NC=O.Cc1ccc(C)c(N)c1. The van der Waals surface area contributed by atoms with Crippen LogP contribution < -0.4 is 11.1 Å². The molecule has 0 aromatic heterocycles. The van der Waals surface area contributed by atoms with Gasteiger partial charge in [0.1, 0.15) is 0 Å². The van der Waals surface area contributed by atoms with Crippen molar-refractivity contribution in [1.29, 1.82) is 0 Å². The largest absolute Gasteiger partial charge is 0.399 e. The van der Waals surface area contributed by atoms with Gasteiger partial charge in [-0.1, -0.05) is 31.4 Å². The third-order valence-corrected chi connectivity index (χ3v) is 2.18. The molecule has 3 nitrogen and oxygen atoms in total. The van der Waals surface area contributed by atoms with Crippen molar-refractivity contribution in [2.45, 2.75) is 13.8 Å². The summed E-state index contributed by atoms with van der Waals surface area (Å²) in [4.78, 5) is 9.81. The molecule has 0 heterocycles. The van der Waals surface area contributed by atoms with Gasteiger partial charge < -0.3 is 11.1 Å². The fraction of sp³-hybridized carbons (Fsp3) is 0.133. The van der Waals surface area contributed by atoms with Gasteiger partial charge in [0, 0.05) is 11.4 Å². The summed E-state index contributed by atoms with van der Waals surface area (Å²) in [5.74, 6) is 0. The van der Waals surface area contributed by atoms with E-state index in [1.807, 2.05) is 26.0 Å². The van der Waals surface area contributed by atoms with Crippen LogP contribution in [0.1, 0.15) is 11.1 Å². The summed E-state index contributed by atoms with van der Waals surface area (Å²) in [6.45, 7) is 11.0. The number of carbonyl (C=O) groups excluding carboxylic acids is 1. The van der Waals surface area contributed by atoms with Crippen LogP contribution in [-0.2, 0) is 4.79 Å². The Balaban J connectivity index is 0.000000321. The molecule has 0 aliphatic carbocycles. The first-order valence-corrected chi connectivity index (χ1v) is 5.53. The zero-order valence-corrected chi connectivity index (χ0v) is 10.9. The highest BCUT2D eigenvalue weighted by molar-refractivity contribution is 5.52. The molecule has 1 aromatic rings. The first kappa shape index (κ1) is 15.7. The van der Waals surface area contributed by atoms with E-state index in [0.717, 1.165) is 11.3 Å². The van der Waals surface area contributed by atoms with Gasteiger partial charge in [0.05, 0.1) is 0 Å². The predicted octanol–water partition coefficient (Wildman–Crippen LogP) is 2.87. The van der Waals surface area contributed by atoms with Gasteiger partial charge in [-0.25, -0.2) is 0 Å². The summed E-state index contributed by atoms with van der Waals surface area (Å²) in [6, 6.07) is 6.08. The molecule has 0 unspecified atom stereocenters. The van der Waals surface area contributed by atoms with E-state index in [0.29, 0.717) is 12.1 Å². The number of benzene rings is 1. The van der Waals surface area contributed by atoms with Crippen molar-refractivity contribution in [2.24, 2.45) is 0 Å². The molecule has 0 saturated heterocycles. The van der Waals surface area contributed by atoms with Gasteiger partial charge in [-0.3, -0.25) is 4.79 Å². The molecule has 0 aliphatic heterocycles. The second kappa shape index (κ2) is 8.82. The second-order valence-corrected chi connectivity index (χ2v) is 3.68. The molecule has 0 bridgehead atoms. The number of aryl methyl sites for hydroxylation is 2. The van der Waals surface area contributed by atoms with Crippen LogP contribution in [0.4, 0.5) is 5.69 Å². The van der Waals surface area contributed by atoms with Crippen LogP contribution in [0.3, 0.4) is 0 Å². The maximum atomic E-state index is 9.81. The van der Waals surface area contributed by atoms with E-state index in [9.17, 15) is 4.79 Å². The molecule has 0 spiro atoms. The lowest BCUT2D eigenvalue weighted by Crippen LogP contribution is -2.06. The fourth-order valence-electron chi connectivity index (χ4n) is 1.13. The topological polar surface area (TPSA) is 55.1 Å². The van der Waals surface area contributed by atoms with E-state index in [1.54, 1.807) is 12.2 Å². The molecular weight excluding hydrogens is 224 g/mol. The molecule has 0 radical (unpaired) electrons. The summed E-state index contributed by atoms with van der Waals surface area (Å²) in [7, 11) is 0. The van der Waals surface area contributed by atoms with Crippen molar-refractivity contribution in [3.63, 3.8) is 0 Å². The molecule has 0 aliphatic rings. The predicted molar refractivity (Wildman–Crippen MR) is 78.0 cm³/mol. The minimum atomic E-state index is 0.594. The molecule has 3 N–H and O–H groups in total. The van der Waals surface area contributed by atoms with Gasteiger partial charge in [-0.2, -0.15) is 0 Å². The van der Waals surface area contributed by atoms with Crippen LogP contribution in [0, 0.1) is 13.8 Å². The average molecular weight is 244 g/mol. The van der Waals surface area contributed by atoms with Crippen molar-refractivity contribution in [2.75, 3.05) is 5.73 Å². The highest BCUT2D eigenvalue weighted by Gasteiger charge is 1.89. The lowest BCUT2D eigenvalue weighted by Gasteiger charge is -1.98. The Morgan fingerprint density at radius 3 is 2.39 bits per heavy atom. The van der Waals surface area contributed by atoms with E-state index in [1.165, 1.54) is 11.6 Å². The van der Waals surface area contributed by atoms with E-state index < -0.39 is 0 Å². The summed E-state index contributed by atoms with van der Waals surface area (Å²) < 4.78 is 0. The third-order valence-electron chi connectivity index (χ3n) is 2.18. The maximum Gasteiger partial charge on any atom is 0.211 e. The molecule has 0 fully saturated rings. The van der Waals surface area contributed by atoms with Gasteiger partial charge in [0.25, 0.3) is 0 Å². The lowest BCUT2D eigenvalue weighted by molar-refractivity contribution is -0.108. The number of amides is 1. The normalized spacial score (nSPS) is 9.78. The zero-order chi connectivity index (χ0) is 14.0. The summed E-state index contributed by atoms with van der Waals surface area (Å²) in [5.41, 5.74) is 9.53. The van der Waals surface area contributed by atoms with Crippen molar-refractivity contribution >= 4 is 12.1 Å². The van der Waals surface area contributed by atoms with Crippen LogP contribution in [0.25, 0.3) is 0 Å². The molecule has 1 rings (SSSR count). The van der Waals surface area contributed by atoms with Gasteiger partial charge in [0.15, 0.2) is 0 Å². The number of allylic oxidation sites excluding steroid dienone is 3. The minimum absolute atomic E-state index is 0.594. The van der Waals surface area contributed by atoms with E-state index in [-0.39, 0.29) is 0 Å².